The molecule has 0 aromatic carbocycles. The molecule has 1 rings (SSSR count). The van der Waals surface area contributed by atoms with Gasteiger partial charge in [-0.15, -0.1) is 0 Å². The second-order valence-electron chi connectivity index (χ2n) is 4.01. The van der Waals surface area contributed by atoms with Crippen molar-refractivity contribution in [2.24, 2.45) is 0 Å². The van der Waals surface area contributed by atoms with Crippen LogP contribution in [-0.4, -0.2) is 37.1 Å². The van der Waals surface area contributed by atoms with Gasteiger partial charge in [0.05, 0.1) is 0 Å². The molecule has 1 aliphatic heterocycles. The van der Waals surface area contributed by atoms with Crippen molar-refractivity contribution < 1.29 is 0 Å². The predicted molar refractivity (Wildman–Crippen MR) is 48.8 cm³/mol. The Morgan fingerprint density at radius 3 is 2.64 bits per heavy atom. The Balaban J connectivity index is 2.32. The number of rotatable bonds is 3. The molecule has 1 saturated heterocycles. The summed E-state index contributed by atoms with van der Waals surface area (Å²) < 4.78 is 0. The smallest absolute Gasteiger partial charge is 0.0154 e. The fraction of sp³-hybridized carbons (Fsp3) is 1.00. The van der Waals surface area contributed by atoms with Gasteiger partial charge in [0.1, 0.15) is 0 Å². The van der Waals surface area contributed by atoms with Crippen molar-refractivity contribution in [3.05, 3.63) is 0 Å². The molecule has 11 heavy (non-hydrogen) atoms. The first-order valence-corrected chi connectivity index (χ1v) is 4.56. The van der Waals surface area contributed by atoms with E-state index in [0.717, 1.165) is 6.54 Å². The van der Waals surface area contributed by atoms with Gasteiger partial charge < -0.3 is 5.32 Å². The third kappa shape index (κ3) is 2.17. The first-order chi connectivity index (χ1) is 5.17. The van der Waals surface area contributed by atoms with Crippen LogP contribution in [0.4, 0.5) is 0 Å². The van der Waals surface area contributed by atoms with E-state index in [0.29, 0.717) is 5.54 Å². The lowest BCUT2D eigenvalue weighted by Crippen LogP contribution is -2.41. The van der Waals surface area contributed by atoms with Gasteiger partial charge in [-0.25, -0.2) is 0 Å². The quantitative estimate of drug-likeness (QED) is 0.658. The van der Waals surface area contributed by atoms with E-state index in [1.54, 1.807) is 0 Å². The number of hydrogen-bond acceptors (Lipinski definition) is 2. The highest BCUT2D eigenvalue weighted by Crippen LogP contribution is 2.27. The van der Waals surface area contributed by atoms with Gasteiger partial charge in [-0.1, -0.05) is 0 Å². The molecule has 0 aromatic rings. The molecule has 0 aromatic heterocycles. The van der Waals surface area contributed by atoms with E-state index in [4.69, 9.17) is 0 Å². The number of nitrogens with one attached hydrogen (secondary N) is 1. The van der Waals surface area contributed by atoms with Gasteiger partial charge in [0.2, 0.25) is 0 Å². The third-order valence-corrected chi connectivity index (χ3v) is 2.70. The average molecular weight is 156 g/mol. The zero-order valence-corrected chi connectivity index (χ0v) is 7.98. The highest BCUT2D eigenvalue weighted by Gasteiger charge is 2.30. The molecule has 66 valence electrons. The Bertz CT molecular complexity index is 121. The van der Waals surface area contributed by atoms with Gasteiger partial charge in [-0.2, -0.15) is 0 Å². The van der Waals surface area contributed by atoms with Crippen LogP contribution in [0.5, 0.6) is 0 Å². The van der Waals surface area contributed by atoms with Crippen molar-refractivity contribution in [2.45, 2.75) is 32.2 Å². The number of hydrogen-bond donors (Lipinski definition) is 1. The second-order valence-corrected chi connectivity index (χ2v) is 4.01. The molecule has 0 saturated carbocycles. The summed E-state index contributed by atoms with van der Waals surface area (Å²) in [5, 5.41) is 3.19. The SMILES string of the molecule is CNCCN1CCCC1(C)C. The molecular formula is C9H20N2. The zero-order valence-electron chi connectivity index (χ0n) is 7.98. The van der Waals surface area contributed by atoms with Gasteiger partial charge in [0.15, 0.2) is 0 Å². The summed E-state index contributed by atoms with van der Waals surface area (Å²) in [7, 11) is 2.02. The molecule has 0 atom stereocenters. The zero-order chi connectivity index (χ0) is 8.32. The number of nitrogens with zero attached hydrogens (tertiary/aromatic N) is 1. The van der Waals surface area contributed by atoms with Crippen LogP contribution in [0.2, 0.25) is 0 Å². The molecule has 1 heterocycles. The third-order valence-electron chi connectivity index (χ3n) is 2.70. The monoisotopic (exact) mass is 156 g/mol. The van der Waals surface area contributed by atoms with E-state index in [-0.39, 0.29) is 0 Å². The fourth-order valence-electron chi connectivity index (χ4n) is 1.82. The molecule has 0 aliphatic carbocycles. The van der Waals surface area contributed by atoms with Crippen molar-refractivity contribution in [3.63, 3.8) is 0 Å². The molecule has 0 unspecified atom stereocenters. The normalized spacial score (nSPS) is 24.3. The molecule has 0 bridgehead atoms. The van der Waals surface area contributed by atoms with Crippen LogP contribution in [0.15, 0.2) is 0 Å². The topological polar surface area (TPSA) is 15.3 Å². The summed E-state index contributed by atoms with van der Waals surface area (Å²) >= 11 is 0. The molecule has 1 N–H and O–H groups in total. The number of likely N-dealkylation sites (N-methyl/N-ethyl adjacent to an activating group) is 1. The minimum atomic E-state index is 0.455. The van der Waals surface area contributed by atoms with E-state index in [1.807, 2.05) is 7.05 Å². The Hall–Kier alpha value is -0.0800. The molecule has 0 spiro atoms. The highest BCUT2D eigenvalue weighted by atomic mass is 15.2. The van der Waals surface area contributed by atoms with Gasteiger partial charge >= 0.3 is 0 Å². The van der Waals surface area contributed by atoms with Gasteiger partial charge in [0, 0.05) is 18.6 Å². The van der Waals surface area contributed by atoms with E-state index < -0.39 is 0 Å². The van der Waals surface area contributed by atoms with Crippen LogP contribution in [0.1, 0.15) is 26.7 Å². The van der Waals surface area contributed by atoms with Crippen LogP contribution in [0.25, 0.3) is 0 Å². The molecule has 0 amide bonds. The largest absolute Gasteiger partial charge is 0.318 e. The van der Waals surface area contributed by atoms with Crippen molar-refractivity contribution in [1.29, 1.82) is 0 Å². The first kappa shape index (κ1) is 9.01. The van der Waals surface area contributed by atoms with Crippen LogP contribution >= 0.6 is 0 Å². The minimum absolute atomic E-state index is 0.455. The van der Waals surface area contributed by atoms with Crippen LogP contribution in [0.3, 0.4) is 0 Å². The summed E-state index contributed by atoms with van der Waals surface area (Å²) in [5.41, 5.74) is 0.455. The minimum Gasteiger partial charge on any atom is -0.318 e. The maximum atomic E-state index is 3.19. The fourth-order valence-corrected chi connectivity index (χ4v) is 1.82. The van der Waals surface area contributed by atoms with Crippen LogP contribution < -0.4 is 5.32 Å². The molecule has 2 nitrogen and oxygen atoms in total. The lowest BCUT2D eigenvalue weighted by molar-refractivity contribution is 0.177. The average Bonchev–Trinajstić information content (AvgIpc) is 2.25. The van der Waals surface area contributed by atoms with Crippen molar-refractivity contribution in [3.8, 4) is 0 Å². The van der Waals surface area contributed by atoms with Crippen molar-refractivity contribution >= 4 is 0 Å². The predicted octanol–water partition coefficient (Wildman–Crippen LogP) is 1.08. The van der Waals surface area contributed by atoms with Gasteiger partial charge in [0.25, 0.3) is 0 Å². The maximum Gasteiger partial charge on any atom is 0.0154 e. The standard InChI is InChI=1S/C9H20N2/c1-9(2)5-4-7-11(9)8-6-10-3/h10H,4-8H2,1-3H3. The summed E-state index contributed by atoms with van der Waals surface area (Å²) in [6, 6.07) is 0. The van der Waals surface area contributed by atoms with Crippen LogP contribution in [0, 0.1) is 0 Å². The highest BCUT2D eigenvalue weighted by molar-refractivity contribution is 4.87. The first-order valence-electron chi connectivity index (χ1n) is 4.56. The Labute approximate surface area is 70.0 Å². The van der Waals surface area contributed by atoms with Gasteiger partial charge in [-0.05, 0) is 40.3 Å². The summed E-state index contributed by atoms with van der Waals surface area (Å²) in [4.78, 5) is 2.57. The lowest BCUT2D eigenvalue weighted by Gasteiger charge is -2.31. The summed E-state index contributed by atoms with van der Waals surface area (Å²) in [6.45, 7) is 8.28. The molecular weight excluding hydrogens is 136 g/mol. The molecule has 1 fully saturated rings. The Morgan fingerprint density at radius 1 is 1.45 bits per heavy atom. The van der Waals surface area contributed by atoms with E-state index in [9.17, 15) is 0 Å². The molecule has 2 heteroatoms. The van der Waals surface area contributed by atoms with Crippen molar-refractivity contribution in [1.82, 2.24) is 10.2 Å². The second kappa shape index (κ2) is 3.55. The van der Waals surface area contributed by atoms with Gasteiger partial charge in [-0.3, -0.25) is 4.90 Å². The van der Waals surface area contributed by atoms with E-state index in [2.05, 4.69) is 24.1 Å². The molecule has 1 aliphatic rings. The number of likely N-dealkylation sites (tertiary alicyclic amines) is 1. The Kier molecular flexibility index (Phi) is 2.90. The lowest BCUT2D eigenvalue weighted by atomic mass is 10.0. The maximum absolute atomic E-state index is 3.19. The summed E-state index contributed by atoms with van der Waals surface area (Å²) in [6.07, 6.45) is 2.73. The van der Waals surface area contributed by atoms with Crippen molar-refractivity contribution in [2.75, 3.05) is 26.7 Å². The summed E-state index contributed by atoms with van der Waals surface area (Å²) in [5.74, 6) is 0. The van der Waals surface area contributed by atoms with E-state index >= 15 is 0 Å². The molecule has 0 radical (unpaired) electrons. The van der Waals surface area contributed by atoms with E-state index in [1.165, 1.54) is 25.9 Å². The van der Waals surface area contributed by atoms with Crippen LogP contribution in [-0.2, 0) is 0 Å². The Morgan fingerprint density at radius 2 is 2.18 bits per heavy atom.